The molecule has 0 bridgehead atoms. The fraction of sp³-hybridized carbons (Fsp3) is 0.417. The van der Waals surface area contributed by atoms with E-state index in [9.17, 15) is 9.59 Å². The van der Waals surface area contributed by atoms with Crippen LogP contribution in [0.4, 0.5) is 5.69 Å². The van der Waals surface area contributed by atoms with Crippen LogP contribution in [0.5, 0.6) is 11.5 Å². The Morgan fingerprint density at radius 2 is 1.90 bits per heavy atom. The molecule has 1 aliphatic carbocycles. The topological polar surface area (TPSA) is 59.1 Å². The summed E-state index contributed by atoms with van der Waals surface area (Å²) in [5, 5.41) is 0. The van der Waals surface area contributed by atoms with Gasteiger partial charge in [-0.15, -0.1) is 11.8 Å². The summed E-state index contributed by atoms with van der Waals surface area (Å²) in [6.07, 6.45) is 2.93. The molecular weight excluding hydrogens is 412 g/mol. The number of rotatable bonds is 5. The molecule has 2 aromatic carbocycles. The summed E-state index contributed by atoms with van der Waals surface area (Å²) >= 11 is 1.57. The van der Waals surface area contributed by atoms with Crippen LogP contribution in [0.15, 0.2) is 42.5 Å². The van der Waals surface area contributed by atoms with E-state index in [0.29, 0.717) is 18.8 Å². The van der Waals surface area contributed by atoms with E-state index >= 15 is 0 Å². The summed E-state index contributed by atoms with van der Waals surface area (Å²) in [6, 6.07) is 13.5. The molecule has 5 rings (SSSR count). The number of methoxy groups -OCH3 is 2. The molecule has 1 saturated carbocycles. The van der Waals surface area contributed by atoms with Gasteiger partial charge in [-0.25, -0.2) is 0 Å². The Kier molecular flexibility index (Phi) is 5.08. The molecular formula is C24H26N2O4S. The first-order valence-electron chi connectivity index (χ1n) is 10.7. The lowest BCUT2D eigenvalue weighted by atomic mass is 9.84. The van der Waals surface area contributed by atoms with Crippen molar-refractivity contribution in [3.63, 3.8) is 0 Å². The Balaban J connectivity index is 1.58. The quantitative estimate of drug-likeness (QED) is 0.711. The van der Waals surface area contributed by atoms with E-state index in [4.69, 9.17) is 9.47 Å². The maximum atomic E-state index is 14.0. The number of thioether (sulfide) groups is 1. The Hall–Kier alpha value is -2.67. The summed E-state index contributed by atoms with van der Waals surface area (Å²) in [5.41, 5.74) is 2.68. The fourth-order valence-electron chi connectivity index (χ4n) is 4.73. The Labute approximate surface area is 186 Å². The molecule has 0 radical (unpaired) electrons. The van der Waals surface area contributed by atoms with Crippen molar-refractivity contribution < 1.29 is 19.1 Å². The van der Waals surface area contributed by atoms with Crippen molar-refractivity contribution in [3.8, 4) is 11.5 Å². The van der Waals surface area contributed by atoms with Crippen molar-refractivity contribution in [1.29, 1.82) is 0 Å². The Bertz CT molecular complexity index is 1040. The molecule has 0 N–H and O–H groups in total. The van der Waals surface area contributed by atoms with E-state index in [1.165, 1.54) is 0 Å². The van der Waals surface area contributed by atoms with Crippen LogP contribution < -0.4 is 14.4 Å². The highest BCUT2D eigenvalue weighted by Crippen LogP contribution is 2.56. The fourth-order valence-corrected chi connectivity index (χ4v) is 6.19. The third-order valence-corrected chi connectivity index (χ3v) is 8.02. The lowest BCUT2D eigenvalue weighted by molar-refractivity contribution is -0.145. The molecule has 2 amide bonds. The van der Waals surface area contributed by atoms with Crippen molar-refractivity contribution in [1.82, 2.24) is 4.90 Å². The summed E-state index contributed by atoms with van der Waals surface area (Å²) in [6.45, 7) is 1.01. The number of hydrogen-bond donors (Lipinski definition) is 0. The number of fused-ring (bicyclic) bond motifs is 2. The van der Waals surface area contributed by atoms with Gasteiger partial charge in [0.1, 0.15) is 11.5 Å². The highest BCUT2D eigenvalue weighted by molar-refractivity contribution is 8.01. The highest BCUT2D eigenvalue weighted by Gasteiger charge is 2.60. The molecule has 1 atom stereocenters. The molecule has 2 heterocycles. The zero-order valence-electron chi connectivity index (χ0n) is 17.8. The maximum absolute atomic E-state index is 14.0. The summed E-state index contributed by atoms with van der Waals surface area (Å²) in [5.74, 6) is 2.30. The highest BCUT2D eigenvalue weighted by atomic mass is 32.2. The number of amides is 2. The second-order valence-electron chi connectivity index (χ2n) is 8.24. The van der Waals surface area contributed by atoms with Crippen molar-refractivity contribution in [2.75, 3.05) is 31.4 Å². The number of nitrogens with zero attached hydrogens (tertiary/aromatic N) is 2. The Morgan fingerprint density at radius 1 is 1.13 bits per heavy atom. The molecule has 7 heteroatoms. The van der Waals surface area contributed by atoms with Crippen molar-refractivity contribution in [2.45, 2.75) is 30.7 Å². The third kappa shape index (κ3) is 3.09. The van der Waals surface area contributed by atoms with Crippen LogP contribution in [-0.2, 0) is 21.0 Å². The SMILES string of the molecule is COc1cccc(CN2C(=O)C3(SCCN3C(=O)C3CCC3)c3cc(OC)ccc32)c1. The van der Waals surface area contributed by atoms with E-state index in [1.807, 2.05) is 52.3 Å². The lowest BCUT2D eigenvalue weighted by Gasteiger charge is -2.37. The van der Waals surface area contributed by atoms with Gasteiger partial charge in [0.05, 0.1) is 26.5 Å². The van der Waals surface area contributed by atoms with E-state index in [1.54, 1.807) is 26.0 Å². The molecule has 1 unspecified atom stereocenters. The Morgan fingerprint density at radius 3 is 2.61 bits per heavy atom. The van der Waals surface area contributed by atoms with Crippen LogP contribution in [0, 0.1) is 5.92 Å². The molecule has 1 saturated heterocycles. The summed E-state index contributed by atoms with van der Waals surface area (Å²) in [7, 11) is 3.26. The van der Waals surface area contributed by atoms with E-state index in [2.05, 4.69) is 0 Å². The second-order valence-corrected chi connectivity index (χ2v) is 9.52. The molecule has 3 aliphatic rings. The first-order chi connectivity index (χ1) is 15.1. The number of carbonyl (C=O) groups excluding carboxylic acids is 2. The molecule has 2 fully saturated rings. The zero-order chi connectivity index (χ0) is 21.6. The van der Waals surface area contributed by atoms with Gasteiger partial charge in [-0.2, -0.15) is 0 Å². The molecule has 162 valence electrons. The van der Waals surface area contributed by atoms with Gasteiger partial charge in [0, 0.05) is 23.8 Å². The predicted octanol–water partition coefficient (Wildman–Crippen LogP) is 3.78. The predicted molar refractivity (Wildman–Crippen MR) is 120 cm³/mol. The van der Waals surface area contributed by atoms with Gasteiger partial charge in [0.2, 0.25) is 5.91 Å². The summed E-state index contributed by atoms with van der Waals surface area (Å²) in [4.78, 5) is 30.0. The summed E-state index contributed by atoms with van der Waals surface area (Å²) < 4.78 is 10.8. The largest absolute Gasteiger partial charge is 0.497 e. The third-order valence-electron chi connectivity index (χ3n) is 6.60. The van der Waals surface area contributed by atoms with Crippen molar-refractivity contribution in [3.05, 3.63) is 53.6 Å². The van der Waals surface area contributed by atoms with Crippen LogP contribution in [0.25, 0.3) is 0 Å². The van der Waals surface area contributed by atoms with Gasteiger partial charge < -0.3 is 19.3 Å². The van der Waals surface area contributed by atoms with Gasteiger partial charge in [-0.1, -0.05) is 18.6 Å². The van der Waals surface area contributed by atoms with E-state index < -0.39 is 4.87 Å². The first kappa shape index (κ1) is 20.2. The maximum Gasteiger partial charge on any atom is 0.268 e. The van der Waals surface area contributed by atoms with E-state index in [0.717, 1.165) is 47.6 Å². The molecule has 1 spiro atoms. The smallest absolute Gasteiger partial charge is 0.268 e. The van der Waals surface area contributed by atoms with Gasteiger partial charge in [0.25, 0.3) is 5.91 Å². The molecule has 2 aliphatic heterocycles. The second kappa shape index (κ2) is 7.79. The van der Waals surface area contributed by atoms with Crippen LogP contribution in [0.2, 0.25) is 0 Å². The molecule has 31 heavy (non-hydrogen) atoms. The van der Waals surface area contributed by atoms with Crippen molar-refractivity contribution >= 4 is 29.3 Å². The molecule has 6 nitrogen and oxygen atoms in total. The number of anilines is 1. The average Bonchev–Trinajstić information content (AvgIpc) is 3.29. The minimum absolute atomic E-state index is 0.0462. The standard InChI is InChI=1S/C24H26N2O4S/c1-29-18-8-3-5-16(13-18)15-25-21-10-9-19(30-2)14-20(21)24(23(25)28)26(11-12-31-24)22(27)17-6-4-7-17/h3,5,8-10,13-14,17H,4,6-7,11-12,15H2,1-2H3. The zero-order valence-corrected chi connectivity index (χ0v) is 18.6. The number of ether oxygens (including phenoxy) is 2. The van der Waals surface area contributed by atoms with Crippen molar-refractivity contribution in [2.24, 2.45) is 5.92 Å². The first-order valence-corrected chi connectivity index (χ1v) is 11.7. The van der Waals surface area contributed by atoms with Gasteiger partial charge in [-0.05, 0) is 48.7 Å². The minimum Gasteiger partial charge on any atom is -0.497 e. The van der Waals surface area contributed by atoms with Gasteiger partial charge >= 0.3 is 0 Å². The van der Waals surface area contributed by atoms with Gasteiger partial charge in [0.15, 0.2) is 4.87 Å². The minimum atomic E-state index is -1.00. The number of carbonyl (C=O) groups is 2. The number of hydrogen-bond acceptors (Lipinski definition) is 5. The van der Waals surface area contributed by atoms with Crippen LogP contribution in [0.1, 0.15) is 30.4 Å². The monoisotopic (exact) mass is 438 g/mol. The van der Waals surface area contributed by atoms with Crippen LogP contribution in [0.3, 0.4) is 0 Å². The molecule has 0 aromatic heterocycles. The molecule has 2 aromatic rings. The van der Waals surface area contributed by atoms with Crippen LogP contribution in [-0.4, -0.2) is 43.2 Å². The average molecular weight is 439 g/mol. The normalized spacial score (nSPS) is 22.6. The van der Waals surface area contributed by atoms with E-state index in [-0.39, 0.29) is 17.7 Å². The van der Waals surface area contributed by atoms with Gasteiger partial charge in [-0.3, -0.25) is 9.59 Å². The number of benzene rings is 2. The van der Waals surface area contributed by atoms with Crippen LogP contribution >= 0.6 is 11.8 Å². The lowest BCUT2D eigenvalue weighted by Crippen LogP contribution is -2.52.